The van der Waals surface area contributed by atoms with Gasteiger partial charge in [0.25, 0.3) is 0 Å². The van der Waals surface area contributed by atoms with Crippen molar-refractivity contribution in [3.63, 3.8) is 0 Å². The van der Waals surface area contributed by atoms with Gasteiger partial charge in [-0.3, -0.25) is 4.79 Å². The standard InChI is InChI=1S/C13H16O/c1-3-5-7-9-11-13(12-14)10-8-6-4-2/h11-12H,4,6,8,10H2,1-2H3/b13-11+. The van der Waals surface area contributed by atoms with Gasteiger partial charge in [0.2, 0.25) is 0 Å². The molecule has 0 bridgehead atoms. The number of hydrogen-bond acceptors (Lipinski definition) is 1. The number of carbonyl (C=O) groups excluding carboxylic acids is 1. The van der Waals surface area contributed by atoms with Crippen LogP contribution in [-0.4, -0.2) is 6.29 Å². The second-order valence-electron chi connectivity index (χ2n) is 2.94. The van der Waals surface area contributed by atoms with Crippen molar-refractivity contribution >= 4 is 6.29 Å². The van der Waals surface area contributed by atoms with Crippen LogP contribution in [0.25, 0.3) is 0 Å². The monoisotopic (exact) mass is 188 g/mol. The molecule has 0 radical (unpaired) electrons. The average molecular weight is 188 g/mol. The van der Waals surface area contributed by atoms with Crippen LogP contribution in [0, 0.1) is 23.7 Å². The number of hydrogen-bond donors (Lipinski definition) is 0. The van der Waals surface area contributed by atoms with Crippen molar-refractivity contribution in [3.05, 3.63) is 11.6 Å². The van der Waals surface area contributed by atoms with E-state index in [0.717, 1.165) is 31.1 Å². The van der Waals surface area contributed by atoms with E-state index in [0.29, 0.717) is 0 Å². The third-order valence-corrected chi connectivity index (χ3v) is 1.74. The van der Waals surface area contributed by atoms with Gasteiger partial charge in [0.15, 0.2) is 0 Å². The second-order valence-corrected chi connectivity index (χ2v) is 2.94. The zero-order chi connectivity index (χ0) is 10.6. The quantitative estimate of drug-likeness (QED) is 0.280. The topological polar surface area (TPSA) is 17.1 Å². The van der Waals surface area contributed by atoms with Crippen LogP contribution >= 0.6 is 0 Å². The van der Waals surface area contributed by atoms with E-state index in [1.54, 1.807) is 13.0 Å². The maximum atomic E-state index is 10.6. The molecule has 0 saturated heterocycles. The first kappa shape index (κ1) is 12.5. The largest absolute Gasteiger partial charge is 0.298 e. The van der Waals surface area contributed by atoms with E-state index in [4.69, 9.17) is 0 Å². The van der Waals surface area contributed by atoms with E-state index in [1.807, 2.05) is 0 Å². The van der Waals surface area contributed by atoms with Gasteiger partial charge in [0.1, 0.15) is 6.29 Å². The summed E-state index contributed by atoms with van der Waals surface area (Å²) in [4.78, 5) is 10.6. The van der Waals surface area contributed by atoms with E-state index >= 15 is 0 Å². The fourth-order valence-corrected chi connectivity index (χ4v) is 0.972. The summed E-state index contributed by atoms with van der Waals surface area (Å²) in [6, 6.07) is 0. The minimum absolute atomic E-state index is 0.767. The third kappa shape index (κ3) is 7.19. The molecule has 0 aliphatic carbocycles. The molecule has 1 heteroatoms. The average Bonchev–Trinajstić information content (AvgIpc) is 2.22. The Bertz CT molecular complexity index is 302. The van der Waals surface area contributed by atoms with Crippen molar-refractivity contribution in [2.24, 2.45) is 0 Å². The fraction of sp³-hybridized carbons (Fsp3) is 0.462. The summed E-state index contributed by atoms with van der Waals surface area (Å²) in [5, 5.41) is 0. The zero-order valence-corrected chi connectivity index (χ0v) is 8.89. The molecule has 0 aliphatic heterocycles. The summed E-state index contributed by atoms with van der Waals surface area (Å²) in [6.07, 6.45) is 6.75. The molecule has 0 atom stereocenters. The molecule has 0 rings (SSSR count). The Labute approximate surface area is 86.6 Å². The Kier molecular flexibility index (Phi) is 8.61. The van der Waals surface area contributed by atoms with Gasteiger partial charge >= 0.3 is 0 Å². The molecule has 0 aliphatic rings. The number of unbranched alkanes of at least 4 members (excludes halogenated alkanes) is 2. The lowest BCUT2D eigenvalue weighted by molar-refractivity contribution is -0.105. The maximum Gasteiger partial charge on any atom is 0.146 e. The molecule has 0 saturated carbocycles. The minimum atomic E-state index is 0.767. The molecule has 74 valence electrons. The van der Waals surface area contributed by atoms with Crippen LogP contribution in [0.1, 0.15) is 39.5 Å². The first-order chi connectivity index (χ1) is 6.85. The Morgan fingerprint density at radius 1 is 1.29 bits per heavy atom. The molecule has 0 aromatic rings. The van der Waals surface area contributed by atoms with Crippen LogP contribution in [0.4, 0.5) is 0 Å². The van der Waals surface area contributed by atoms with Crippen molar-refractivity contribution in [2.45, 2.75) is 39.5 Å². The lowest BCUT2D eigenvalue weighted by Gasteiger charge is -1.95. The molecule has 0 heterocycles. The molecule has 0 aromatic carbocycles. The van der Waals surface area contributed by atoms with Crippen molar-refractivity contribution in [1.29, 1.82) is 0 Å². The molecule has 14 heavy (non-hydrogen) atoms. The normalized spacial score (nSPS) is 9.43. The number of aldehydes is 1. The summed E-state index contributed by atoms with van der Waals surface area (Å²) in [7, 11) is 0. The summed E-state index contributed by atoms with van der Waals surface area (Å²) in [5.41, 5.74) is 0.767. The molecule has 0 N–H and O–H groups in total. The Hall–Kier alpha value is -1.47. The smallest absolute Gasteiger partial charge is 0.146 e. The second kappa shape index (κ2) is 9.62. The number of allylic oxidation sites excluding steroid dienone is 2. The van der Waals surface area contributed by atoms with Gasteiger partial charge in [-0.25, -0.2) is 0 Å². The molecule has 0 fully saturated rings. The highest BCUT2D eigenvalue weighted by molar-refractivity contribution is 5.74. The first-order valence-electron chi connectivity index (χ1n) is 4.91. The molecule has 0 amide bonds. The first-order valence-corrected chi connectivity index (χ1v) is 4.91. The number of carbonyl (C=O) groups is 1. The van der Waals surface area contributed by atoms with Crippen molar-refractivity contribution in [3.8, 4) is 23.7 Å². The van der Waals surface area contributed by atoms with E-state index in [9.17, 15) is 4.79 Å². The Morgan fingerprint density at radius 3 is 2.64 bits per heavy atom. The van der Waals surface area contributed by atoms with Crippen LogP contribution < -0.4 is 0 Å². The molecular weight excluding hydrogens is 172 g/mol. The van der Waals surface area contributed by atoms with Crippen molar-refractivity contribution < 1.29 is 4.79 Å². The lowest BCUT2D eigenvalue weighted by Crippen LogP contribution is -1.84. The van der Waals surface area contributed by atoms with Gasteiger partial charge in [-0.2, -0.15) is 0 Å². The molecule has 0 aromatic heterocycles. The molecular formula is C13H16O. The van der Waals surface area contributed by atoms with Gasteiger partial charge < -0.3 is 0 Å². The van der Waals surface area contributed by atoms with Gasteiger partial charge in [0, 0.05) is 5.57 Å². The predicted molar refractivity (Wildman–Crippen MR) is 59.5 cm³/mol. The highest BCUT2D eigenvalue weighted by Crippen LogP contribution is 2.05. The molecule has 1 nitrogen and oxygen atoms in total. The minimum Gasteiger partial charge on any atom is -0.298 e. The maximum absolute atomic E-state index is 10.6. The highest BCUT2D eigenvalue weighted by Gasteiger charge is 1.93. The van der Waals surface area contributed by atoms with Gasteiger partial charge in [-0.1, -0.05) is 31.6 Å². The van der Waals surface area contributed by atoms with E-state index < -0.39 is 0 Å². The van der Waals surface area contributed by atoms with Crippen LogP contribution in [-0.2, 0) is 4.79 Å². The van der Waals surface area contributed by atoms with Crippen LogP contribution in [0.15, 0.2) is 11.6 Å². The Morgan fingerprint density at radius 2 is 2.07 bits per heavy atom. The van der Waals surface area contributed by atoms with E-state index in [2.05, 4.69) is 30.6 Å². The van der Waals surface area contributed by atoms with Gasteiger partial charge in [-0.05, 0) is 37.7 Å². The van der Waals surface area contributed by atoms with Crippen LogP contribution in [0.2, 0.25) is 0 Å². The van der Waals surface area contributed by atoms with Gasteiger partial charge in [-0.15, -0.1) is 0 Å². The third-order valence-electron chi connectivity index (χ3n) is 1.74. The molecule has 0 unspecified atom stereocenters. The fourth-order valence-electron chi connectivity index (χ4n) is 0.972. The zero-order valence-electron chi connectivity index (χ0n) is 8.89. The van der Waals surface area contributed by atoms with E-state index in [-0.39, 0.29) is 0 Å². The van der Waals surface area contributed by atoms with Crippen LogP contribution in [0.3, 0.4) is 0 Å². The number of rotatable bonds is 5. The summed E-state index contributed by atoms with van der Waals surface area (Å²) in [6.45, 7) is 3.88. The predicted octanol–water partition coefficient (Wildman–Crippen LogP) is 2.72. The summed E-state index contributed by atoms with van der Waals surface area (Å²) < 4.78 is 0. The highest BCUT2D eigenvalue weighted by atomic mass is 16.1. The summed E-state index contributed by atoms with van der Waals surface area (Å²) in [5.74, 6) is 10.7. The van der Waals surface area contributed by atoms with Crippen LogP contribution in [0.5, 0.6) is 0 Å². The van der Waals surface area contributed by atoms with Crippen molar-refractivity contribution in [2.75, 3.05) is 0 Å². The van der Waals surface area contributed by atoms with Crippen molar-refractivity contribution in [1.82, 2.24) is 0 Å². The van der Waals surface area contributed by atoms with E-state index in [1.165, 1.54) is 6.42 Å². The summed E-state index contributed by atoms with van der Waals surface area (Å²) >= 11 is 0. The van der Waals surface area contributed by atoms with Gasteiger partial charge in [0.05, 0.1) is 0 Å². The molecule has 0 spiro atoms. The lowest BCUT2D eigenvalue weighted by atomic mass is 10.1. The SMILES string of the molecule is CC#CC#C/C=C(/C=O)CCCCC. The Balaban J connectivity index is 4.05.